The first-order valence-corrected chi connectivity index (χ1v) is 13.7. The van der Waals surface area contributed by atoms with E-state index in [2.05, 4.69) is 25.6 Å². The Balaban J connectivity index is 1.37. The van der Waals surface area contributed by atoms with Crippen LogP contribution in [0.4, 0.5) is 5.00 Å². The summed E-state index contributed by atoms with van der Waals surface area (Å²) in [6, 6.07) is 13.6. The Morgan fingerprint density at radius 3 is 2.47 bits per heavy atom. The third-order valence-corrected chi connectivity index (χ3v) is 7.83. The van der Waals surface area contributed by atoms with Crippen LogP contribution in [0, 0.1) is 20.8 Å². The van der Waals surface area contributed by atoms with Gasteiger partial charge in [-0.3, -0.25) is 19.4 Å². The van der Waals surface area contributed by atoms with Crippen molar-refractivity contribution >= 4 is 34.4 Å². The van der Waals surface area contributed by atoms with Crippen molar-refractivity contribution in [2.24, 2.45) is 5.10 Å². The largest absolute Gasteiger partial charge is 0.395 e. The number of anilines is 1. The molecule has 0 spiro atoms. The van der Waals surface area contributed by atoms with Crippen molar-refractivity contribution in [1.82, 2.24) is 15.2 Å². The molecule has 0 atom stereocenters. The molecule has 0 unspecified atom stereocenters. The lowest BCUT2D eigenvalue weighted by molar-refractivity contribution is 0.0956. The van der Waals surface area contributed by atoms with Gasteiger partial charge in [0.25, 0.3) is 11.8 Å². The molecule has 0 aliphatic carbocycles. The van der Waals surface area contributed by atoms with Gasteiger partial charge in [-0.2, -0.15) is 5.10 Å². The summed E-state index contributed by atoms with van der Waals surface area (Å²) in [5.41, 5.74) is 8.65. The molecular formula is C29H35N5O3S. The first-order valence-electron chi connectivity index (χ1n) is 12.8. The number of aliphatic hydroxyl groups is 1. The second kappa shape index (κ2) is 12.9. The van der Waals surface area contributed by atoms with Gasteiger partial charge in [0.1, 0.15) is 5.00 Å². The standard InChI is InChI=1S/C29H35N5O3S/c1-20-7-8-23(15-21(20)2)17-30-32-28(37)26-22(3)19-38-29(26)31-27(36)25-6-4-5-24(16-25)18-34-11-9-33(10-12-34)13-14-35/h4-8,15-17,19,35H,9-14,18H2,1-3H3,(H,31,36)(H,32,37)/b30-17+. The molecule has 1 aliphatic rings. The van der Waals surface area contributed by atoms with E-state index in [9.17, 15) is 9.59 Å². The molecule has 1 aromatic heterocycles. The highest BCUT2D eigenvalue weighted by molar-refractivity contribution is 7.15. The van der Waals surface area contributed by atoms with Gasteiger partial charge in [-0.15, -0.1) is 11.3 Å². The molecule has 1 fully saturated rings. The lowest BCUT2D eigenvalue weighted by Crippen LogP contribution is -2.46. The molecule has 1 saturated heterocycles. The number of nitrogens with one attached hydrogen (secondary N) is 2. The number of hydrogen-bond donors (Lipinski definition) is 3. The molecule has 9 heteroatoms. The van der Waals surface area contributed by atoms with E-state index in [0.717, 1.165) is 55.0 Å². The summed E-state index contributed by atoms with van der Waals surface area (Å²) in [6.07, 6.45) is 1.61. The predicted molar refractivity (Wildman–Crippen MR) is 153 cm³/mol. The summed E-state index contributed by atoms with van der Waals surface area (Å²) in [5, 5.41) is 18.5. The van der Waals surface area contributed by atoms with Gasteiger partial charge in [-0.1, -0.05) is 30.3 Å². The first-order chi connectivity index (χ1) is 18.3. The van der Waals surface area contributed by atoms with Gasteiger partial charge in [0.15, 0.2) is 0 Å². The third-order valence-electron chi connectivity index (χ3n) is 6.82. The van der Waals surface area contributed by atoms with E-state index >= 15 is 0 Å². The second-order valence-corrected chi connectivity index (χ2v) is 10.5. The molecule has 2 heterocycles. The maximum atomic E-state index is 13.1. The Bertz CT molecular complexity index is 1310. The van der Waals surface area contributed by atoms with Gasteiger partial charge < -0.3 is 10.4 Å². The normalized spacial score (nSPS) is 14.6. The Morgan fingerprint density at radius 2 is 1.74 bits per heavy atom. The maximum absolute atomic E-state index is 13.1. The maximum Gasteiger partial charge on any atom is 0.274 e. The highest BCUT2D eigenvalue weighted by atomic mass is 32.1. The van der Waals surface area contributed by atoms with Crippen LogP contribution in [0.2, 0.25) is 0 Å². The van der Waals surface area contributed by atoms with E-state index in [0.29, 0.717) is 22.7 Å². The molecular weight excluding hydrogens is 498 g/mol. The summed E-state index contributed by atoms with van der Waals surface area (Å²) >= 11 is 1.32. The van der Waals surface area contributed by atoms with E-state index in [1.165, 1.54) is 16.9 Å². The monoisotopic (exact) mass is 533 g/mol. The number of aryl methyl sites for hydroxylation is 3. The van der Waals surface area contributed by atoms with E-state index in [-0.39, 0.29) is 18.4 Å². The van der Waals surface area contributed by atoms with Crippen LogP contribution >= 0.6 is 11.3 Å². The summed E-state index contributed by atoms with van der Waals surface area (Å²) in [6.45, 7) is 11.3. The van der Waals surface area contributed by atoms with Crippen LogP contribution in [0.15, 0.2) is 52.9 Å². The molecule has 0 bridgehead atoms. The van der Waals surface area contributed by atoms with Crippen LogP contribution in [-0.2, 0) is 6.54 Å². The lowest BCUT2D eigenvalue weighted by Gasteiger charge is -2.34. The fourth-order valence-corrected chi connectivity index (χ4v) is 5.38. The van der Waals surface area contributed by atoms with Crippen LogP contribution < -0.4 is 10.7 Å². The topological polar surface area (TPSA) is 97.3 Å². The van der Waals surface area contributed by atoms with Crippen molar-refractivity contribution in [3.63, 3.8) is 0 Å². The molecule has 200 valence electrons. The number of aliphatic hydroxyl groups excluding tert-OH is 1. The zero-order valence-electron chi connectivity index (χ0n) is 22.2. The zero-order chi connectivity index (χ0) is 27.1. The number of carbonyl (C=O) groups excluding carboxylic acids is 2. The molecule has 3 aromatic rings. The van der Waals surface area contributed by atoms with Crippen molar-refractivity contribution in [3.8, 4) is 0 Å². The summed E-state index contributed by atoms with van der Waals surface area (Å²) in [4.78, 5) is 30.6. The number of piperazine rings is 1. The average Bonchev–Trinajstić information content (AvgIpc) is 3.27. The summed E-state index contributed by atoms with van der Waals surface area (Å²) in [5.74, 6) is -0.623. The molecule has 2 amide bonds. The number of nitrogens with zero attached hydrogens (tertiary/aromatic N) is 3. The Labute approximate surface area is 228 Å². The Morgan fingerprint density at radius 1 is 0.974 bits per heavy atom. The minimum Gasteiger partial charge on any atom is -0.395 e. The van der Waals surface area contributed by atoms with Crippen LogP contribution in [-0.4, -0.2) is 72.3 Å². The number of hydrazone groups is 1. The second-order valence-electron chi connectivity index (χ2n) is 9.66. The van der Waals surface area contributed by atoms with E-state index in [1.54, 1.807) is 12.3 Å². The molecule has 3 N–H and O–H groups in total. The number of β-amino-alcohol motifs (C(OH)–C–C–N with tert-alkyl or cyclic N) is 1. The third kappa shape index (κ3) is 7.14. The molecule has 38 heavy (non-hydrogen) atoms. The van der Waals surface area contributed by atoms with Crippen LogP contribution in [0.1, 0.15) is 48.5 Å². The molecule has 2 aromatic carbocycles. The van der Waals surface area contributed by atoms with Crippen LogP contribution in [0.5, 0.6) is 0 Å². The molecule has 8 nitrogen and oxygen atoms in total. The molecule has 0 radical (unpaired) electrons. The SMILES string of the molecule is Cc1ccc(/C=N/NC(=O)c2c(C)csc2NC(=O)c2cccc(CN3CCN(CCO)CC3)c2)cc1C. The summed E-state index contributed by atoms with van der Waals surface area (Å²) in [7, 11) is 0. The van der Waals surface area contributed by atoms with E-state index < -0.39 is 0 Å². The van der Waals surface area contributed by atoms with Crippen molar-refractivity contribution in [3.05, 3.63) is 86.8 Å². The van der Waals surface area contributed by atoms with E-state index in [1.807, 2.05) is 62.5 Å². The van der Waals surface area contributed by atoms with E-state index in [4.69, 9.17) is 5.11 Å². The Kier molecular flexibility index (Phi) is 9.41. The minimum absolute atomic E-state index is 0.185. The number of thiophene rings is 1. The molecule has 1 aliphatic heterocycles. The Hall–Kier alpha value is -3.37. The fourth-order valence-electron chi connectivity index (χ4n) is 4.44. The average molecular weight is 534 g/mol. The number of carbonyl (C=O) groups is 2. The number of amides is 2. The number of hydrogen-bond acceptors (Lipinski definition) is 7. The van der Waals surface area contributed by atoms with Gasteiger partial charge in [0.2, 0.25) is 0 Å². The van der Waals surface area contributed by atoms with Crippen LogP contribution in [0.3, 0.4) is 0 Å². The zero-order valence-corrected chi connectivity index (χ0v) is 23.0. The van der Waals surface area contributed by atoms with Crippen molar-refractivity contribution in [1.29, 1.82) is 0 Å². The highest BCUT2D eigenvalue weighted by Crippen LogP contribution is 2.28. The lowest BCUT2D eigenvalue weighted by atomic mass is 10.1. The quantitative estimate of drug-likeness (QED) is 0.287. The molecule has 4 rings (SSSR count). The number of rotatable bonds is 9. The van der Waals surface area contributed by atoms with Gasteiger partial charge in [0, 0.05) is 44.8 Å². The minimum atomic E-state index is -0.367. The van der Waals surface area contributed by atoms with Gasteiger partial charge in [-0.25, -0.2) is 5.43 Å². The summed E-state index contributed by atoms with van der Waals surface area (Å²) < 4.78 is 0. The van der Waals surface area contributed by atoms with Gasteiger partial charge in [0.05, 0.1) is 18.4 Å². The molecule has 0 saturated carbocycles. The smallest absolute Gasteiger partial charge is 0.274 e. The first kappa shape index (κ1) is 27.7. The predicted octanol–water partition coefficient (Wildman–Crippen LogP) is 3.80. The van der Waals surface area contributed by atoms with Crippen molar-refractivity contribution in [2.75, 3.05) is 44.6 Å². The van der Waals surface area contributed by atoms with Gasteiger partial charge >= 0.3 is 0 Å². The number of benzene rings is 2. The van der Waals surface area contributed by atoms with Crippen molar-refractivity contribution < 1.29 is 14.7 Å². The fraction of sp³-hybridized carbons (Fsp3) is 0.345. The van der Waals surface area contributed by atoms with Gasteiger partial charge in [-0.05, 0) is 66.1 Å². The van der Waals surface area contributed by atoms with Crippen molar-refractivity contribution in [2.45, 2.75) is 27.3 Å². The highest BCUT2D eigenvalue weighted by Gasteiger charge is 2.20. The van der Waals surface area contributed by atoms with Crippen LogP contribution in [0.25, 0.3) is 0 Å².